The predicted octanol–water partition coefficient (Wildman–Crippen LogP) is 2.52. The number of allylic oxidation sites excluding steroid dienone is 1. The van der Waals surface area contributed by atoms with E-state index in [4.69, 9.17) is 0 Å². The van der Waals surface area contributed by atoms with Gasteiger partial charge in [0.2, 0.25) is 0 Å². The third-order valence-corrected chi connectivity index (χ3v) is 3.21. The van der Waals surface area contributed by atoms with Gasteiger partial charge in [-0.25, -0.2) is 0 Å². The fourth-order valence-corrected chi connectivity index (χ4v) is 2.33. The van der Waals surface area contributed by atoms with Crippen LogP contribution in [0.3, 0.4) is 0 Å². The molecule has 0 aliphatic carbocycles. The van der Waals surface area contributed by atoms with E-state index in [1.807, 2.05) is 17.9 Å². The number of rotatable bonds is 3. The molecule has 88 valence electrons. The number of hydrogen-bond acceptors (Lipinski definition) is 2. The Hall–Kier alpha value is -1.09. The minimum Gasteiger partial charge on any atom is -0.293 e. The van der Waals surface area contributed by atoms with Crippen LogP contribution in [0.2, 0.25) is 0 Å². The molecule has 1 fully saturated rings. The molecule has 2 heterocycles. The number of likely N-dealkylation sites (tertiary alicyclic amines) is 1. The van der Waals surface area contributed by atoms with E-state index < -0.39 is 0 Å². The van der Waals surface area contributed by atoms with Gasteiger partial charge < -0.3 is 0 Å². The van der Waals surface area contributed by atoms with Crippen LogP contribution in [0.5, 0.6) is 0 Å². The Morgan fingerprint density at radius 2 is 2.38 bits per heavy atom. The highest BCUT2D eigenvalue weighted by molar-refractivity contribution is 5.13. The zero-order valence-electron chi connectivity index (χ0n) is 10.5. The molecular formula is C13H21N3. The summed E-state index contributed by atoms with van der Waals surface area (Å²) in [6, 6.07) is 0.573. The molecule has 1 aromatic heterocycles. The first-order chi connectivity index (χ1) is 7.66. The monoisotopic (exact) mass is 219 g/mol. The maximum atomic E-state index is 4.27. The van der Waals surface area contributed by atoms with Crippen molar-refractivity contribution >= 4 is 0 Å². The van der Waals surface area contributed by atoms with Gasteiger partial charge in [-0.05, 0) is 33.2 Å². The largest absolute Gasteiger partial charge is 0.293 e. The Bertz CT molecular complexity index is 374. The van der Waals surface area contributed by atoms with E-state index in [-0.39, 0.29) is 0 Å². The summed E-state index contributed by atoms with van der Waals surface area (Å²) in [6.07, 6.45) is 9.03. The molecule has 1 aromatic rings. The number of aromatic nitrogens is 2. The first kappa shape index (κ1) is 11.4. The molecule has 2 rings (SSSR count). The Labute approximate surface area is 97.8 Å². The second kappa shape index (κ2) is 4.83. The zero-order chi connectivity index (χ0) is 11.5. The SMILES string of the molecule is CC(C)=CCN1CCC[C@@H]1c1cnn(C)c1. The van der Waals surface area contributed by atoms with Gasteiger partial charge in [0.15, 0.2) is 0 Å². The highest BCUT2D eigenvalue weighted by Crippen LogP contribution is 2.31. The summed E-state index contributed by atoms with van der Waals surface area (Å²) < 4.78 is 1.90. The molecule has 0 unspecified atom stereocenters. The fourth-order valence-electron chi connectivity index (χ4n) is 2.33. The minimum atomic E-state index is 0.573. The summed E-state index contributed by atoms with van der Waals surface area (Å²) >= 11 is 0. The van der Waals surface area contributed by atoms with Gasteiger partial charge in [0.05, 0.1) is 6.20 Å². The molecule has 3 nitrogen and oxygen atoms in total. The first-order valence-electron chi connectivity index (χ1n) is 6.03. The Balaban J connectivity index is 2.06. The van der Waals surface area contributed by atoms with E-state index in [2.05, 4.69) is 36.1 Å². The quantitative estimate of drug-likeness (QED) is 0.728. The highest BCUT2D eigenvalue weighted by Gasteiger charge is 2.25. The van der Waals surface area contributed by atoms with E-state index in [0.29, 0.717) is 6.04 Å². The van der Waals surface area contributed by atoms with Crippen molar-refractivity contribution in [3.8, 4) is 0 Å². The number of hydrogen-bond donors (Lipinski definition) is 0. The van der Waals surface area contributed by atoms with E-state index in [9.17, 15) is 0 Å². The highest BCUT2D eigenvalue weighted by atomic mass is 15.3. The van der Waals surface area contributed by atoms with Gasteiger partial charge in [0.1, 0.15) is 0 Å². The predicted molar refractivity (Wildman–Crippen MR) is 66.2 cm³/mol. The van der Waals surface area contributed by atoms with Gasteiger partial charge in [-0.15, -0.1) is 0 Å². The van der Waals surface area contributed by atoms with Crippen LogP contribution >= 0.6 is 0 Å². The van der Waals surface area contributed by atoms with Gasteiger partial charge in [-0.3, -0.25) is 9.58 Å². The molecule has 1 aliphatic heterocycles. The maximum Gasteiger partial charge on any atom is 0.0537 e. The fraction of sp³-hybridized carbons (Fsp3) is 0.615. The van der Waals surface area contributed by atoms with Crippen molar-refractivity contribution in [3.63, 3.8) is 0 Å². The van der Waals surface area contributed by atoms with Gasteiger partial charge in [0.25, 0.3) is 0 Å². The van der Waals surface area contributed by atoms with Crippen LogP contribution in [0.4, 0.5) is 0 Å². The maximum absolute atomic E-state index is 4.27. The number of nitrogens with zero attached hydrogens (tertiary/aromatic N) is 3. The third kappa shape index (κ3) is 2.53. The Morgan fingerprint density at radius 1 is 1.56 bits per heavy atom. The van der Waals surface area contributed by atoms with Crippen LogP contribution in [-0.2, 0) is 7.05 Å². The summed E-state index contributed by atoms with van der Waals surface area (Å²) in [5, 5.41) is 4.27. The van der Waals surface area contributed by atoms with Crippen molar-refractivity contribution in [1.29, 1.82) is 0 Å². The summed E-state index contributed by atoms with van der Waals surface area (Å²) in [5.74, 6) is 0. The molecule has 0 saturated carbocycles. The molecule has 0 N–H and O–H groups in total. The van der Waals surface area contributed by atoms with Crippen LogP contribution in [0.15, 0.2) is 24.0 Å². The molecule has 0 amide bonds. The minimum absolute atomic E-state index is 0.573. The number of aryl methyl sites for hydroxylation is 1. The van der Waals surface area contributed by atoms with Crippen LogP contribution in [-0.4, -0.2) is 27.8 Å². The zero-order valence-corrected chi connectivity index (χ0v) is 10.5. The lowest BCUT2D eigenvalue weighted by molar-refractivity contribution is 0.285. The summed E-state index contributed by atoms with van der Waals surface area (Å²) in [6.45, 7) is 6.61. The standard InChI is InChI=1S/C13H21N3/c1-11(2)6-8-16-7-4-5-13(16)12-9-14-15(3)10-12/h6,9-10,13H,4-5,7-8H2,1-3H3/t13-/m1/s1. The molecule has 1 saturated heterocycles. The van der Waals surface area contributed by atoms with Gasteiger partial charge >= 0.3 is 0 Å². The average Bonchev–Trinajstić information content (AvgIpc) is 2.82. The lowest BCUT2D eigenvalue weighted by Gasteiger charge is -2.22. The average molecular weight is 219 g/mol. The molecule has 16 heavy (non-hydrogen) atoms. The molecule has 0 spiro atoms. The van der Waals surface area contributed by atoms with Crippen LogP contribution < -0.4 is 0 Å². The third-order valence-electron chi connectivity index (χ3n) is 3.21. The topological polar surface area (TPSA) is 21.1 Å². The van der Waals surface area contributed by atoms with E-state index in [0.717, 1.165) is 6.54 Å². The van der Waals surface area contributed by atoms with Crippen molar-refractivity contribution < 1.29 is 0 Å². The normalized spacial score (nSPS) is 21.3. The summed E-state index contributed by atoms with van der Waals surface area (Å²) in [7, 11) is 1.99. The molecule has 0 bridgehead atoms. The van der Waals surface area contributed by atoms with Crippen molar-refractivity contribution in [2.75, 3.05) is 13.1 Å². The van der Waals surface area contributed by atoms with E-state index in [1.165, 1.54) is 30.5 Å². The smallest absolute Gasteiger partial charge is 0.0537 e. The van der Waals surface area contributed by atoms with Crippen molar-refractivity contribution in [2.24, 2.45) is 7.05 Å². The molecule has 1 atom stereocenters. The molecular weight excluding hydrogens is 198 g/mol. The lowest BCUT2D eigenvalue weighted by Crippen LogP contribution is -2.23. The van der Waals surface area contributed by atoms with Crippen LogP contribution in [0.1, 0.15) is 38.3 Å². The van der Waals surface area contributed by atoms with Gasteiger partial charge in [-0.2, -0.15) is 5.10 Å². The lowest BCUT2D eigenvalue weighted by atomic mass is 10.1. The summed E-state index contributed by atoms with van der Waals surface area (Å²) in [4.78, 5) is 2.55. The summed E-state index contributed by atoms with van der Waals surface area (Å²) in [5.41, 5.74) is 2.76. The van der Waals surface area contributed by atoms with Crippen LogP contribution in [0, 0.1) is 0 Å². The van der Waals surface area contributed by atoms with Crippen molar-refractivity contribution in [3.05, 3.63) is 29.6 Å². The Morgan fingerprint density at radius 3 is 3.00 bits per heavy atom. The van der Waals surface area contributed by atoms with Crippen LogP contribution in [0.25, 0.3) is 0 Å². The van der Waals surface area contributed by atoms with Gasteiger partial charge in [0, 0.05) is 31.4 Å². The second-order valence-electron chi connectivity index (χ2n) is 4.88. The Kier molecular flexibility index (Phi) is 3.44. The molecule has 1 aliphatic rings. The second-order valence-corrected chi connectivity index (χ2v) is 4.88. The first-order valence-corrected chi connectivity index (χ1v) is 6.03. The molecule has 0 aromatic carbocycles. The van der Waals surface area contributed by atoms with Gasteiger partial charge in [-0.1, -0.05) is 11.6 Å². The molecule has 0 radical (unpaired) electrons. The van der Waals surface area contributed by atoms with Crippen molar-refractivity contribution in [1.82, 2.24) is 14.7 Å². The van der Waals surface area contributed by atoms with E-state index in [1.54, 1.807) is 0 Å². The van der Waals surface area contributed by atoms with E-state index >= 15 is 0 Å². The van der Waals surface area contributed by atoms with Crippen molar-refractivity contribution in [2.45, 2.75) is 32.7 Å². The molecule has 3 heteroatoms.